The Labute approximate surface area is 234 Å². The molecule has 4 atom stereocenters. The molecular formula is C29H35ClN6O3. The Morgan fingerprint density at radius 1 is 1.15 bits per heavy atom. The second-order valence-corrected chi connectivity index (χ2v) is 10.9. The van der Waals surface area contributed by atoms with Gasteiger partial charge in [0, 0.05) is 48.9 Å². The number of ether oxygens (including phenoxy) is 1. The maximum Gasteiger partial charge on any atom is 0.257 e. The number of hydrogen-bond donors (Lipinski definition) is 3. The quantitative estimate of drug-likeness (QED) is 0.456. The van der Waals surface area contributed by atoms with Crippen molar-refractivity contribution in [2.45, 2.75) is 31.1 Å². The molecule has 0 aromatic heterocycles. The average Bonchev–Trinajstić information content (AvgIpc) is 3.34. The number of piperidine rings is 1. The van der Waals surface area contributed by atoms with Gasteiger partial charge in [-0.25, -0.2) is 5.43 Å². The molecule has 2 aromatic carbocycles. The summed E-state index contributed by atoms with van der Waals surface area (Å²) >= 11 is 5.97. The molecule has 3 heterocycles. The first-order valence-electron chi connectivity index (χ1n) is 13.2. The Hall–Kier alpha value is -3.37. The fraction of sp³-hybridized carbons (Fsp3) is 0.379. The Balaban J connectivity index is 1.36. The number of likely N-dealkylation sites (N-methyl/N-ethyl adjacent to an activating group) is 1. The summed E-state index contributed by atoms with van der Waals surface area (Å²) in [7, 11) is 3.93. The summed E-state index contributed by atoms with van der Waals surface area (Å²) in [6, 6.07) is 14.6. The topological polar surface area (TPSA) is 103 Å². The van der Waals surface area contributed by atoms with Crippen molar-refractivity contribution in [3.63, 3.8) is 0 Å². The van der Waals surface area contributed by atoms with E-state index in [1.54, 1.807) is 18.2 Å². The molecule has 3 aliphatic heterocycles. The van der Waals surface area contributed by atoms with Crippen molar-refractivity contribution in [1.29, 1.82) is 0 Å². The molecule has 0 radical (unpaired) electrons. The van der Waals surface area contributed by atoms with Crippen molar-refractivity contribution in [3.8, 4) is 11.5 Å². The largest absolute Gasteiger partial charge is 0.457 e. The molecule has 39 heavy (non-hydrogen) atoms. The third kappa shape index (κ3) is 6.12. The predicted octanol–water partition coefficient (Wildman–Crippen LogP) is 2.80. The molecular weight excluding hydrogens is 516 g/mol. The van der Waals surface area contributed by atoms with Crippen LogP contribution in [0.1, 0.15) is 18.4 Å². The van der Waals surface area contributed by atoms with Crippen LogP contribution in [0.4, 0.5) is 0 Å². The van der Waals surface area contributed by atoms with Crippen molar-refractivity contribution < 1.29 is 14.3 Å². The van der Waals surface area contributed by atoms with Gasteiger partial charge in [-0.2, -0.15) is 0 Å². The van der Waals surface area contributed by atoms with Crippen molar-refractivity contribution >= 4 is 29.0 Å². The van der Waals surface area contributed by atoms with Gasteiger partial charge in [0.2, 0.25) is 5.91 Å². The Kier molecular flexibility index (Phi) is 8.23. The predicted molar refractivity (Wildman–Crippen MR) is 152 cm³/mol. The van der Waals surface area contributed by atoms with Gasteiger partial charge in [-0.1, -0.05) is 29.8 Å². The number of fused-ring (bicyclic) bond motifs is 1. The van der Waals surface area contributed by atoms with Crippen molar-refractivity contribution in [2.75, 3.05) is 33.7 Å². The van der Waals surface area contributed by atoms with Gasteiger partial charge in [0.25, 0.3) is 5.91 Å². The second kappa shape index (κ2) is 11.8. The third-order valence-corrected chi connectivity index (χ3v) is 7.68. The van der Waals surface area contributed by atoms with Crippen LogP contribution < -0.4 is 21.3 Å². The molecule has 206 valence electrons. The first-order valence-corrected chi connectivity index (χ1v) is 13.6. The zero-order chi connectivity index (χ0) is 27.5. The van der Waals surface area contributed by atoms with Gasteiger partial charge in [0.05, 0.1) is 6.17 Å². The zero-order valence-corrected chi connectivity index (χ0v) is 23.0. The fourth-order valence-corrected chi connectivity index (χ4v) is 5.64. The van der Waals surface area contributed by atoms with E-state index in [1.807, 2.05) is 66.4 Å². The van der Waals surface area contributed by atoms with Crippen LogP contribution in [0.25, 0.3) is 5.57 Å². The van der Waals surface area contributed by atoms with Gasteiger partial charge >= 0.3 is 0 Å². The third-order valence-electron chi connectivity index (χ3n) is 7.42. The molecule has 0 saturated carbocycles. The summed E-state index contributed by atoms with van der Waals surface area (Å²) in [5, 5.41) is 0.651. The van der Waals surface area contributed by atoms with E-state index in [1.165, 1.54) is 0 Å². The molecule has 2 amide bonds. The molecule has 0 aliphatic carbocycles. The summed E-state index contributed by atoms with van der Waals surface area (Å²) < 4.78 is 5.95. The second-order valence-electron chi connectivity index (χ2n) is 10.5. The molecule has 5 rings (SSSR count). The number of likely N-dealkylation sites (tertiary alicyclic amines) is 1. The molecule has 0 bridgehead atoms. The normalized spacial score (nSPS) is 25.1. The minimum Gasteiger partial charge on any atom is -0.457 e. The monoisotopic (exact) mass is 550 g/mol. The lowest BCUT2D eigenvalue weighted by Gasteiger charge is -2.43. The lowest BCUT2D eigenvalue weighted by Crippen LogP contribution is -2.67. The number of carbonyl (C=O) groups excluding carboxylic acids is 2. The van der Waals surface area contributed by atoms with Crippen LogP contribution in [0.3, 0.4) is 0 Å². The highest BCUT2D eigenvalue weighted by atomic mass is 35.5. The molecule has 0 spiro atoms. The summed E-state index contributed by atoms with van der Waals surface area (Å²) in [5.41, 5.74) is 14.1. The van der Waals surface area contributed by atoms with Crippen LogP contribution in [0.2, 0.25) is 5.02 Å². The highest BCUT2D eigenvalue weighted by Crippen LogP contribution is 2.41. The van der Waals surface area contributed by atoms with Gasteiger partial charge in [-0.15, -0.1) is 0 Å². The number of carbonyl (C=O) groups is 2. The van der Waals surface area contributed by atoms with E-state index >= 15 is 0 Å². The number of nitrogens with zero attached hydrogens (tertiary/aromatic N) is 3. The van der Waals surface area contributed by atoms with Gasteiger partial charge in [-0.05, 0) is 74.5 Å². The van der Waals surface area contributed by atoms with E-state index in [0.717, 1.165) is 24.0 Å². The van der Waals surface area contributed by atoms with Crippen LogP contribution in [-0.4, -0.2) is 78.5 Å². The zero-order valence-electron chi connectivity index (χ0n) is 22.2. The maximum absolute atomic E-state index is 13.1. The van der Waals surface area contributed by atoms with Crippen molar-refractivity contribution in [1.82, 2.24) is 25.6 Å². The number of nitrogens with one attached hydrogen (secondary N) is 2. The molecule has 3 aliphatic rings. The Morgan fingerprint density at radius 3 is 2.54 bits per heavy atom. The number of amides is 2. The molecule has 2 saturated heterocycles. The fourth-order valence-electron chi connectivity index (χ4n) is 5.51. The first kappa shape index (κ1) is 27.2. The lowest BCUT2D eigenvalue weighted by atomic mass is 9.86. The SMILES string of the molecule is CN(C)C/C=C/C(=O)N1CCCC(N2C=C(c3ccc(Oc4ccc(Cl)cc4)cc3)C3C(N)NNC(=O)C32)C1. The summed E-state index contributed by atoms with van der Waals surface area (Å²) in [5.74, 6) is 1.03. The Morgan fingerprint density at radius 2 is 1.85 bits per heavy atom. The van der Waals surface area contributed by atoms with E-state index in [9.17, 15) is 9.59 Å². The van der Waals surface area contributed by atoms with Crippen LogP contribution in [0, 0.1) is 5.92 Å². The van der Waals surface area contributed by atoms with Gasteiger partial charge in [0.15, 0.2) is 0 Å². The number of hydrogen-bond acceptors (Lipinski definition) is 7. The van der Waals surface area contributed by atoms with E-state index in [2.05, 4.69) is 22.0 Å². The minimum absolute atomic E-state index is 0.00393. The highest BCUT2D eigenvalue weighted by molar-refractivity contribution is 6.30. The minimum atomic E-state index is -0.454. The average molecular weight is 551 g/mol. The highest BCUT2D eigenvalue weighted by Gasteiger charge is 2.49. The molecule has 10 heteroatoms. The molecule has 2 aromatic rings. The first-order chi connectivity index (χ1) is 18.8. The van der Waals surface area contributed by atoms with Crippen molar-refractivity contribution in [3.05, 3.63) is 77.5 Å². The van der Waals surface area contributed by atoms with Gasteiger partial charge in [0.1, 0.15) is 17.5 Å². The molecule has 9 nitrogen and oxygen atoms in total. The van der Waals surface area contributed by atoms with E-state index in [0.29, 0.717) is 36.2 Å². The van der Waals surface area contributed by atoms with Crippen LogP contribution in [0.5, 0.6) is 11.5 Å². The van der Waals surface area contributed by atoms with Crippen molar-refractivity contribution in [2.24, 2.45) is 11.7 Å². The molecule has 4 N–H and O–H groups in total. The van der Waals surface area contributed by atoms with Crippen LogP contribution in [0.15, 0.2) is 66.9 Å². The van der Waals surface area contributed by atoms with Crippen LogP contribution >= 0.6 is 11.6 Å². The Bertz CT molecular complexity index is 1250. The van der Waals surface area contributed by atoms with Gasteiger partial charge < -0.3 is 25.2 Å². The standard InChI is InChI=1S/C29H35ClN6O3/c1-34(2)15-4-6-25(37)35-16-3-5-21(17-35)36-18-24(26-27(36)29(38)33-32-28(26)31)19-7-11-22(12-8-19)39-23-13-9-20(30)10-14-23/h4,6-14,18,21,26-28,32H,3,5,15-17,31H2,1-2H3,(H,33,38)/b6-4+. The summed E-state index contributed by atoms with van der Waals surface area (Å²) in [4.78, 5) is 32.0. The summed E-state index contributed by atoms with van der Waals surface area (Å²) in [6.45, 7) is 1.98. The molecule has 4 unspecified atom stereocenters. The van der Waals surface area contributed by atoms with E-state index in [4.69, 9.17) is 22.1 Å². The number of halogens is 1. The smallest absolute Gasteiger partial charge is 0.257 e. The number of benzene rings is 2. The lowest BCUT2D eigenvalue weighted by molar-refractivity contribution is -0.132. The van der Waals surface area contributed by atoms with E-state index < -0.39 is 12.2 Å². The van der Waals surface area contributed by atoms with E-state index in [-0.39, 0.29) is 23.8 Å². The number of hydrazine groups is 1. The maximum atomic E-state index is 13.1. The number of nitrogens with two attached hydrogens (primary N) is 1. The molecule has 2 fully saturated rings. The van der Waals surface area contributed by atoms with Gasteiger partial charge in [-0.3, -0.25) is 15.0 Å². The summed E-state index contributed by atoms with van der Waals surface area (Å²) in [6.07, 6.45) is 6.91. The van der Waals surface area contributed by atoms with Crippen LogP contribution in [-0.2, 0) is 9.59 Å². The number of rotatable bonds is 7.